The lowest BCUT2D eigenvalue weighted by atomic mass is 9.77. The highest BCUT2D eigenvalue weighted by Crippen LogP contribution is 2.57. The van der Waals surface area contributed by atoms with Gasteiger partial charge in [-0.25, -0.2) is 0 Å². The van der Waals surface area contributed by atoms with Crippen molar-refractivity contribution in [3.8, 4) is 33.4 Å². The summed E-state index contributed by atoms with van der Waals surface area (Å²) in [5.41, 5.74) is 13.2. The monoisotopic (exact) mass is 1710 g/mol. The van der Waals surface area contributed by atoms with Crippen molar-refractivity contribution in [2.24, 2.45) is 0 Å². The van der Waals surface area contributed by atoms with Crippen LogP contribution in [0.5, 0.6) is 0 Å². The molecule has 3 aliphatic rings. The average molecular weight is 1710 g/mol. The minimum atomic E-state index is -0.343. The molecule has 3 heterocycles. The molecule has 0 atom stereocenters. The summed E-state index contributed by atoms with van der Waals surface area (Å²) >= 11 is 10.7. The van der Waals surface area contributed by atoms with Gasteiger partial charge in [0.15, 0.2) is 0 Å². The first-order chi connectivity index (χ1) is 57.6. The van der Waals surface area contributed by atoms with Crippen molar-refractivity contribution in [1.29, 1.82) is 0 Å². The Morgan fingerprint density at radius 1 is 0.288 bits per heavy atom. The Morgan fingerprint density at radius 3 is 0.949 bits per heavy atom. The number of benzene rings is 18. The quantitative estimate of drug-likeness (QED) is 0.0899. The third-order valence-corrected chi connectivity index (χ3v) is 33.0. The summed E-state index contributed by atoms with van der Waals surface area (Å²) < 4.78 is 20.1. The Balaban J connectivity index is 0.000000110. The minimum Gasteiger partial charge on any atom is -0.399 e. The topological polar surface area (TPSA) is 18.5 Å². The molecule has 0 N–H and O–H groups in total. The highest BCUT2D eigenvalue weighted by molar-refractivity contribution is 9.10. The number of thiophene rings is 2. The van der Waals surface area contributed by atoms with Gasteiger partial charge < -0.3 is 9.31 Å². The Bertz CT molecular complexity index is 6900. The van der Waals surface area contributed by atoms with Gasteiger partial charge in [-0.2, -0.15) is 0 Å². The van der Waals surface area contributed by atoms with E-state index in [1.54, 1.807) is 10.9 Å². The summed E-state index contributed by atoms with van der Waals surface area (Å²) in [5.74, 6) is 0. The van der Waals surface area contributed by atoms with Crippen LogP contribution in [0.25, 0.3) is 171 Å². The van der Waals surface area contributed by atoms with Crippen molar-refractivity contribution in [3.63, 3.8) is 0 Å². The number of aryl methyl sites for hydroxylation is 2. The maximum absolute atomic E-state index is 6.28. The van der Waals surface area contributed by atoms with E-state index in [2.05, 4.69) is 389 Å². The molecule has 2 nitrogen and oxygen atoms in total. The second-order valence-corrected chi connectivity index (χ2v) is 40.6. The van der Waals surface area contributed by atoms with E-state index in [1.165, 1.54) is 240 Å². The third-order valence-electron chi connectivity index (χ3n) is 26.2. The number of fused-ring (bicyclic) bond motifs is 24. The second kappa shape index (κ2) is 32.0. The Morgan fingerprint density at radius 2 is 0.576 bits per heavy atom. The van der Waals surface area contributed by atoms with Crippen molar-refractivity contribution < 1.29 is 9.31 Å². The maximum atomic E-state index is 6.28. The molecule has 3 fully saturated rings. The number of rotatable bonds is 7. The molecule has 1 saturated heterocycles. The largest absolute Gasteiger partial charge is 0.494 e. The molecule has 1 aliphatic heterocycles. The fourth-order valence-electron chi connectivity index (χ4n) is 19.6. The van der Waals surface area contributed by atoms with Crippen LogP contribution in [0.4, 0.5) is 0 Å². The number of hydrogen-bond donors (Lipinski definition) is 0. The van der Waals surface area contributed by atoms with Crippen LogP contribution in [-0.2, 0) is 9.31 Å². The lowest BCUT2D eigenvalue weighted by Gasteiger charge is -2.39. The molecule has 0 amide bonds. The van der Waals surface area contributed by atoms with Crippen LogP contribution in [0.1, 0.15) is 103 Å². The van der Waals surface area contributed by atoms with Gasteiger partial charge >= 0.3 is 7.12 Å². The highest BCUT2D eigenvalue weighted by Gasteiger charge is 2.52. The van der Waals surface area contributed by atoms with Crippen LogP contribution >= 0.6 is 62.5 Å². The summed E-state index contributed by atoms with van der Waals surface area (Å²) in [4.78, 5) is 0. The van der Waals surface area contributed by atoms with E-state index < -0.39 is 0 Å². The first-order valence-electron chi connectivity index (χ1n) is 42.2. The molecule has 0 bridgehead atoms. The molecule has 2 aliphatic carbocycles. The van der Waals surface area contributed by atoms with Gasteiger partial charge in [0.2, 0.25) is 0 Å². The molecular formula is C110H92BBr2O2PS2. The van der Waals surface area contributed by atoms with Gasteiger partial charge in [0.05, 0.1) is 11.2 Å². The predicted octanol–water partition coefficient (Wildman–Crippen LogP) is 33.1. The molecule has 118 heavy (non-hydrogen) atoms. The first-order valence-corrected chi connectivity index (χ1v) is 46.9. The van der Waals surface area contributed by atoms with Crippen molar-refractivity contribution >= 4 is 218 Å². The van der Waals surface area contributed by atoms with E-state index in [4.69, 9.17) is 9.31 Å². The van der Waals surface area contributed by atoms with E-state index in [0.717, 1.165) is 25.7 Å². The zero-order valence-corrected chi connectivity index (χ0v) is 73.4. The van der Waals surface area contributed by atoms with E-state index in [1.807, 2.05) is 22.7 Å². The van der Waals surface area contributed by atoms with Crippen molar-refractivity contribution in [2.45, 2.75) is 128 Å². The zero-order valence-electron chi connectivity index (χ0n) is 67.7. The molecule has 8 heteroatoms. The summed E-state index contributed by atoms with van der Waals surface area (Å²) in [5, 5.41) is 30.4. The molecule has 23 rings (SSSR count). The lowest BCUT2D eigenvalue weighted by molar-refractivity contribution is 0.00578. The molecule has 2 saturated carbocycles. The number of halogens is 2. The van der Waals surface area contributed by atoms with Crippen LogP contribution in [0.15, 0.2) is 324 Å². The van der Waals surface area contributed by atoms with Crippen LogP contribution in [0.3, 0.4) is 0 Å². The third kappa shape index (κ3) is 14.2. The molecule has 20 aromatic rings. The van der Waals surface area contributed by atoms with Gasteiger partial charge in [0, 0.05) is 49.3 Å². The Kier molecular flexibility index (Phi) is 20.8. The van der Waals surface area contributed by atoms with Gasteiger partial charge in [-0.05, 0) is 304 Å². The first kappa shape index (κ1) is 76.8. The summed E-state index contributed by atoms with van der Waals surface area (Å²) in [6.45, 7) is 13.0. The van der Waals surface area contributed by atoms with Gasteiger partial charge in [0.1, 0.15) is 0 Å². The Hall–Kier alpha value is -9.89. The van der Waals surface area contributed by atoms with Crippen molar-refractivity contribution in [3.05, 3.63) is 336 Å². The fourth-order valence-corrected chi connectivity index (χ4v) is 26.4. The fraction of sp³-hybridized carbons (Fsp3) is 0.182. The van der Waals surface area contributed by atoms with Gasteiger partial charge in [-0.3, -0.25) is 0 Å². The minimum absolute atomic E-state index is 0.0613. The molecule has 18 aromatic carbocycles. The smallest absolute Gasteiger partial charge is 0.399 e. The highest BCUT2D eigenvalue weighted by atomic mass is 79.9. The SMILES string of the molecule is Brc1ccc2sc3ccc(Br)cc3c2c1.CC1(C)OB(c2ccc3c4ccccc4c4ccccc4c3c2)OC1(C)C.Cc1cccc(C)c1-c1ccccc1P(C1CCCCC1)C1CCCCC1.c1ccc2c(c1)c1ccccc1c1cc(-c3ccc4sc5ccc(-c6ccc7c8ccccc8c8ccccc8c7c6)cc5c4c3)ccc21. The molecular weight excluding hydrogens is 1620 g/mol. The molecule has 0 unspecified atom stereocenters. The average Bonchev–Trinajstić information content (AvgIpc) is 1.07. The van der Waals surface area contributed by atoms with Crippen LogP contribution in [-0.4, -0.2) is 29.6 Å². The van der Waals surface area contributed by atoms with Crippen molar-refractivity contribution in [1.82, 2.24) is 0 Å². The van der Waals surface area contributed by atoms with Gasteiger partial charge in [0.25, 0.3) is 0 Å². The summed E-state index contributed by atoms with van der Waals surface area (Å²) in [6, 6.07) is 116. The normalized spacial score (nSPS) is 15.2. The van der Waals surface area contributed by atoms with Crippen molar-refractivity contribution in [2.75, 3.05) is 0 Å². The van der Waals surface area contributed by atoms with Crippen LogP contribution < -0.4 is 10.8 Å². The predicted molar refractivity (Wildman–Crippen MR) is 526 cm³/mol. The Labute approximate surface area is 718 Å². The van der Waals surface area contributed by atoms with E-state index in [0.29, 0.717) is 0 Å². The van der Waals surface area contributed by atoms with Gasteiger partial charge in [-0.1, -0.05) is 321 Å². The maximum Gasteiger partial charge on any atom is 0.494 e. The summed E-state index contributed by atoms with van der Waals surface area (Å²) in [6.07, 6.45) is 14.7. The molecule has 2 aromatic heterocycles. The number of hydrogen-bond acceptors (Lipinski definition) is 4. The van der Waals surface area contributed by atoms with Crippen LogP contribution in [0, 0.1) is 13.8 Å². The lowest BCUT2D eigenvalue weighted by Crippen LogP contribution is -2.41. The second-order valence-electron chi connectivity index (χ2n) is 33.9. The van der Waals surface area contributed by atoms with Crippen LogP contribution in [0.2, 0.25) is 0 Å². The van der Waals surface area contributed by atoms with E-state index in [9.17, 15) is 0 Å². The summed E-state index contributed by atoms with van der Waals surface area (Å²) in [7, 11) is -0.404. The molecule has 0 radical (unpaired) electrons. The molecule has 0 spiro atoms. The molecule has 578 valence electrons. The standard InChI is InChI=1S/C48H28S.C26H35P.C24H23BO2.C12H6Br2S/c1-3-13-37-33(9-1)35-11-5-7-15-39(35)43-25-29(17-21-41(37)43)31-19-23-47-45(27-31)46-28-32(20-24-48(46)49-47)30-18-22-42-38-14-4-2-10-34(38)36-12-6-8-16-40(36)44(42)26-30;1-20-12-11-13-21(2)26(20)24-18-9-10-19-25(24)27(22-14-5-3-6-15-22)23-16-7-4-8-17-23;1-23(2)24(3,4)27-25(26-23)16-13-14-21-19-11-6-5-9-17(19)18-10-7-8-12-20(18)22(21)15-16;13-7-1-3-11-9(5-7)10-6-8(14)2-4-12(10)15-11/h1-28H;9-13,18-19,22-23H,3-8,14-17H2,1-2H3;5-15H,1-4H3;1-6H. The van der Waals surface area contributed by atoms with Gasteiger partial charge in [-0.15, -0.1) is 22.7 Å². The zero-order chi connectivity index (χ0) is 79.9. The van der Waals surface area contributed by atoms with E-state index in [-0.39, 0.29) is 26.2 Å². The van der Waals surface area contributed by atoms with E-state index >= 15 is 0 Å².